The minimum absolute atomic E-state index is 0.0192. The maximum absolute atomic E-state index is 12.8. The Labute approximate surface area is 187 Å². The zero-order valence-electron chi connectivity index (χ0n) is 17.5. The van der Waals surface area contributed by atoms with E-state index < -0.39 is 67.3 Å². The van der Waals surface area contributed by atoms with Gasteiger partial charge in [0.1, 0.15) is 24.7 Å². The molecule has 0 spiro atoms. The molecule has 4 amide bonds. The summed E-state index contributed by atoms with van der Waals surface area (Å²) in [6.07, 6.45) is 1.04. The molecular weight excluding hydrogens is 436 g/mol. The van der Waals surface area contributed by atoms with Gasteiger partial charge in [-0.05, 0) is 11.6 Å². The summed E-state index contributed by atoms with van der Waals surface area (Å²) < 4.78 is 0. The smallest absolute Gasteiger partial charge is 0.322 e. The van der Waals surface area contributed by atoms with Gasteiger partial charge in [-0.2, -0.15) is 0 Å². The topological polar surface area (TPSA) is 230 Å². The Kier molecular flexibility index (Phi) is 8.89. The van der Waals surface area contributed by atoms with Gasteiger partial charge in [-0.3, -0.25) is 24.0 Å². The van der Waals surface area contributed by atoms with Crippen LogP contribution < -0.4 is 27.4 Å². The zero-order valence-corrected chi connectivity index (χ0v) is 17.5. The van der Waals surface area contributed by atoms with Crippen LogP contribution in [0.2, 0.25) is 0 Å². The number of hydrogen-bond acceptors (Lipinski definition) is 7. The number of carbonyl (C=O) groups excluding carboxylic acids is 4. The van der Waals surface area contributed by atoms with E-state index in [4.69, 9.17) is 21.7 Å². The van der Waals surface area contributed by atoms with Gasteiger partial charge in [0.25, 0.3) is 0 Å². The van der Waals surface area contributed by atoms with E-state index in [9.17, 15) is 24.0 Å². The summed E-state index contributed by atoms with van der Waals surface area (Å²) in [7, 11) is 0. The molecule has 3 unspecified atom stereocenters. The number of amides is 4. The highest BCUT2D eigenvalue weighted by Crippen LogP contribution is 2.19. The van der Waals surface area contributed by atoms with Gasteiger partial charge >= 0.3 is 5.97 Å². The summed E-state index contributed by atoms with van der Waals surface area (Å²) in [5.74, 6) is -4.79. The van der Waals surface area contributed by atoms with E-state index in [1.54, 1.807) is 12.3 Å². The molecule has 2 rings (SSSR count). The van der Waals surface area contributed by atoms with Crippen LogP contribution in [0.25, 0.3) is 10.9 Å². The molecule has 13 heteroatoms. The molecule has 0 saturated carbocycles. The number of primary amides is 1. The van der Waals surface area contributed by atoms with Gasteiger partial charge in [0, 0.05) is 23.5 Å². The van der Waals surface area contributed by atoms with Crippen LogP contribution in [0.5, 0.6) is 0 Å². The first-order valence-corrected chi connectivity index (χ1v) is 9.92. The Morgan fingerprint density at radius 1 is 1.00 bits per heavy atom. The van der Waals surface area contributed by atoms with Gasteiger partial charge in [-0.1, -0.05) is 18.2 Å². The minimum atomic E-state index is -1.47. The Balaban J connectivity index is 2.25. The second kappa shape index (κ2) is 11.6. The lowest BCUT2D eigenvalue weighted by Crippen LogP contribution is -2.57. The lowest BCUT2D eigenvalue weighted by Gasteiger charge is -2.23. The van der Waals surface area contributed by atoms with Crippen LogP contribution >= 0.6 is 0 Å². The maximum Gasteiger partial charge on any atom is 0.322 e. The van der Waals surface area contributed by atoms with Gasteiger partial charge in [0.05, 0.1) is 13.0 Å². The van der Waals surface area contributed by atoms with Gasteiger partial charge in [0.15, 0.2) is 0 Å². The number of carbonyl (C=O) groups is 5. The predicted molar refractivity (Wildman–Crippen MR) is 115 cm³/mol. The van der Waals surface area contributed by atoms with Crippen molar-refractivity contribution in [3.63, 3.8) is 0 Å². The second-order valence-corrected chi connectivity index (χ2v) is 7.26. The fourth-order valence-corrected chi connectivity index (χ4v) is 3.06. The number of carboxylic acids is 1. The molecule has 2 aromatic rings. The van der Waals surface area contributed by atoms with Gasteiger partial charge < -0.3 is 42.6 Å². The average molecular weight is 462 g/mol. The van der Waals surface area contributed by atoms with Crippen molar-refractivity contribution in [2.24, 2.45) is 11.5 Å². The summed E-state index contributed by atoms with van der Waals surface area (Å²) in [6, 6.07) is 3.19. The summed E-state index contributed by atoms with van der Waals surface area (Å²) in [6.45, 7) is -1.37. The number of H-pyrrole nitrogens is 1. The molecular formula is C20H26N6O7. The van der Waals surface area contributed by atoms with Crippen LogP contribution in [0.4, 0.5) is 0 Å². The number of carboxylic acid groups (broad SMARTS) is 1. The molecule has 0 fully saturated rings. The number of benzene rings is 1. The number of fused-ring (bicyclic) bond motifs is 1. The van der Waals surface area contributed by atoms with Crippen molar-refractivity contribution in [2.75, 3.05) is 13.2 Å². The van der Waals surface area contributed by atoms with E-state index in [2.05, 4.69) is 20.9 Å². The molecule has 33 heavy (non-hydrogen) atoms. The monoisotopic (exact) mass is 462 g/mol. The van der Waals surface area contributed by atoms with E-state index in [0.29, 0.717) is 5.56 Å². The average Bonchev–Trinajstić information content (AvgIpc) is 3.18. The Bertz CT molecular complexity index is 1040. The SMILES string of the molecule is NC(=O)CC(NC(=O)C(N)CO)C(=O)NC(Cc1c[nH]c2ccccc12)C(=O)NCC(=O)O. The number of hydrogen-bond donors (Lipinski definition) is 8. The molecule has 0 aliphatic rings. The first-order chi connectivity index (χ1) is 15.6. The molecule has 3 atom stereocenters. The molecule has 0 radical (unpaired) electrons. The van der Waals surface area contributed by atoms with E-state index in [1.807, 2.05) is 18.2 Å². The third-order valence-electron chi connectivity index (χ3n) is 4.72. The number of aliphatic hydroxyl groups is 1. The molecule has 1 aromatic heterocycles. The number of aliphatic carboxylic acids is 1. The molecule has 0 aliphatic carbocycles. The number of rotatable bonds is 12. The first-order valence-electron chi connectivity index (χ1n) is 9.92. The number of nitrogens with two attached hydrogens (primary N) is 2. The van der Waals surface area contributed by atoms with Crippen molar-refractivity contribution in [2.45, 2.75) is 31.0 Å². The quantitative estimate of drug-likeness (QED) is 0.162. The molecule has 13 nitrogen and oxygen atoms in total. The molecule has 178 valence electrons. The van der Waals surface area contributed by atoms with Crippen LogP contribution in [-0.4, -0.2) is 76.1 Å². The van der Waals surface area contributed by atoms with Crippen molar-refractivity contribution >= 4 is 40.5 Å². The van der Waals surface area contributed by atoms with Gasteiger partial charge in [-0.25, -0.2) is 0 Å². The van der Waals surface area contributed by atoms with Crippen molar-refractivity contribution in [3.05, 3.63) is 36.0 Å². The van der Waals surface area contributed by atoms with E-state index in [1.165, 1.54) is 0 Å². The van der Waals surface area contributed by atoms with Crippen LogP contribution in [-0.2, 0) is 30.4 Å². The normalized spacial score (nSPS) is 13.5. The highest BCUT2D eigenvalue weighted by atomic mass is 16.4. The molecule has 10 N–H and O–H groups in total. The summed E-state index contributed by atoms with van der Waals surface area (Å²) >= 11 is 0. The van der Waals surface area contributed by atoms with Crippen LogP contribution in [0.3, 0.4) is 0 Å². The molecule has 0 aliphatic heterocycles. The number of aliphatic hydroxyl groups excluding tert-OH is 1. The standard InChI is InChI=1S/C20H26N6O7/c21-12(9-27)18(31)25-15(6-16(22)28)20(33)26-14(19(32)24-8-17(29)30)5-10-7-23-13-4-2-1-3-11(10)13/h1-4,7,12,14-15,23,27H,5-6,8-9,21H2,(H2,22,28)(H,24,32)(H,25,31)(H,26,33)(H,29,30). The van der Waals surface area contributed by atoms with E-state index in [0.717, 1.165) is 10.9 Å². The Morgan fingerprint density at radius 3 is 2.30 bits per heavy atom. The second-order valence-electron chi connectivity index (χ2n) is 7.26. The van der Waals surface area contributed by atoms with Crippen LogP contribution in [0.1, 0.15) is 12.0 Å². The summed E-state index contributed by atoms with van der Waals surface area (Å²) in [5, 5.41) is 25.5. The fourth-order valence-electron chi connectivity index (χ4n) is 3.06. The van der Waals surface area contributed by atoms with Crippen molar-refractivity contribution < 1.29 is 34.2 Å². The number of nitrogens with one attached hydrogen (secondary N) is 4. The highest BCUT2D eigenvalue weighted by molar-refractivity contribution is 5.96. The van der Waals surface area contributed by atoms with Crippen LogP contribution in [0.15, 0.2) is 30.5 Å². The molecule has 0 saturated heterocycles. The fraction of sp³-hybridized carbons (Fsp3) is 0.350. The van der Waals surface area contributed by atoms with Crippen molar-refractivity contribution in [3.8, 4) is 0 Å². The molecule has 0 bridgehead atoms. The Morgan fingerprint density at radius 2 is 1.67 bits per heavy atom. The molecule has 1 heterocycles. The van der Waals surface area contributed by atoms with Crippen molar-refractivity contribution in [1.82, 2.24) is 20.9 Å². The first kappa shape index (κ1) is 25.3. The summed E-state index contributed by atoms with van der Waals surface area (Å²) in [5.41, 5.74) is 12.0. The third-order valence-corrected chi connectivity index (χ3v) is 4.72. The van der Waals surface area contributed by atoms with Crippen molar-refractivity contribution in [1.29, 1.82) is 0 Å². The minimum Gasteiger partial charge on any atom is -0.480 e. The zero-order chi connectivity index (χ0) is 24.5. The molecule has 1 aromatic carbocycles. The van der Waals surface area contributed by atoms with Gasteiger partial charge in [0.2, 0.25) is 23.6 Å². The number of aromatic amines is 1. The number of para-hydroxylation sites is 1. The highest BCUT2D eigenvalue weighted by Gasteiger charge is 2.30. The van der Waals surface area contributed by atoms with E-state index >= 15 is 0 Å². The van der Waals surface area contributed by atoms with Crippen LogP contribution in [0, 0.1) is 0 Å². The Hall–Kier alpha value is -3.97. The lowest BCUT2D eigenvalue weighted by atomic mass is 10.0. The predicted octanol–water partition coefficient (Wildman–Crippen LogP) is -2.92. The maximum atomic E-state index is 12.8. The number of aromatic nitrogens is 1. The lowest BCUT2D eigenvalue weighted by molar-refractivity contribution is -0.138. The van der Waals surface area contributed by atoms with E-state index in [-0.39, 0.29) is 6.42 Å². The third kappa shape index (κ3) is 7.29. The summed E-state index contributed by atoms with van der Waals surface area (Å²) in [4.78, 5) is 62.7. The van der Waals surface area contributed by atoms with Gasteiger partial charge in [-0.15, -0.1) is 0 Å². The largest absolute Gasteiger partial charge is 0.480 e.